The summed E-state index contributed by atoms with van der Waals surface area (Å²) in [7, 11) is 0. The van der Waals surface area contributed by atoms with E-state index in [9.17, 15) is 14.4 Å². The fourth-order valence-corrected chi connectivity index (χ4v) is 1.93. The van der Waals surface area contributed by atoms with Gasteiger partial charge in [-0.1, -0.05) is 0 Å². The first-order valence-corrected chi connectivity index (χ1v) is 4.59. The average molecular weight is 194 g/mol. The molecule has 2 rings (SSSR count). The molecule has 0 amide bonds. The van der Waals surface area contributed by atoms with E-state index in [1.165, 1.54) is 6.92 Å². The van der Waals surface area contributed by atoms with Gasteiger partial charge in [0.25, 0.3) is 0 Å². The van der Waals surface area contributed by atoms with Gasteiger partial charge in [-0.3, -0.25) is 14.4 Å². The molecule has 1 atom stereocenters. The summed E-state index contributed by atoms with van der Waals surface area (Å²) in [5, 5.41) is 0. The van der Waals surface area contributed by atoms with Crippen molar-refractivity contribution in [2.75, 3.05) is 0 Å². The van der Waals surface area contributed by atoms with Gasteiger partial charge in [0.05, 0.1) is 5.57 Å². The first-order chi connectivity index (χ1) is 6.61. The molecule has 1 aliphatic carbocycles. The number of esters is 1. The fraction of sp³-hybridized carbons (Fsp3) is 0.500. The van der Waals surface area contributed by atoms with Crippen LogP contribution in [0.25, 0.3) is 0 Å². The van der Waals surface area contributed by atoms with Gasteiger partial charge in [-0.05, 0) is 13.3 Å². The van der Waals surface area contributed by atoms with Crippen LogP contribution in [0.5, 0.6) is 0 Å². The Balaban J connectivity index is 2.43. The lowest BCUT2D eigenvalue weighted by molar-refractivity contribution is -0.143. The van der Waals surface area contributed by atoms with Crippen LogP contribution >= 0.6 is 0 Å². The van der Waals surface area contributed by atoms with Gasteiger partial charge in [0, 0.05) is 12.8 Å². The van der Waals surface area contributed by atoms with Gasteiger partial charge in [0.1, 0.15) is 17.5 Å². The predicted octanol–water partition coefficient (Wildman–Crippen LogP) is 0.755. The van der Waals surface area contributed by atoms with E-state index in [1.807, 2.05) is 0 Å². The minimum absolute atomic E-state index is 0.114. The molecule has 1 aliphatic heterocycles. The van der Waals surface area contributed by atoms with Crippen molar-refractivity contribution in [1.29, 1.82) is 0 Å². The molecule has 14 heavy (non-hydrogen) atoms. The van der Waals surface area contributed by atoms with Crippen LogP contribution in [-0.4, -0.2) is 17.5 Å². The standard InChI is InChI=1S/C10H10O4/c1-5(11)8-9-6(12)3-2-4-7(9)14-10(8)13/h8H,2-4H2,1H3. The number of carbonyl (C=O) groups excluding carboxylic acids is 3. The second kappa shape index (κ2) is 3.04. The summed E-state index contributed by atoms with van der Waals surface area (Å²) in [6.07, 6.45) is 1.71. The van der Waals surface area contributed by atoms with E-state index in [2.05, 4.69) is 0 Å². The lowest BCUT2D eigenvalue weighted by atomic mass is 9.87. The van der Waals surface area contributed by atoms with E-state index in [0.717, 1.165) is 0 Å². The molecular formula is C10H10O4. The molecule has 1 unspecified atom stereocenters. The monoisotopic (exact) mass is 194 g/mol. The van der Waals surface area contributed by atoms with Crippen molar-refractivity contribution in [3.63, 3.8) is 0 Å². The van der Waals surface area contributed by atoms with Crippen LogP contribution in [0, 0.1) is 5.92 Å². The molecule has 1 heterocycles. The minimum Gasteiger partial charge on any atom is -0.430 e. The van der Waals surface area contributed by atoms with Crippen molar-refractivity contribution in [3.8, 4) is 0 Å². The number of rotatable bonds is 1. The van der Waals surface area contributed by atoms with Gasteiger partial charge >= 0.3 is 5.97 Å². The highest BCUT2D eigenvalue weighted by atomic mass is 16.5. The number of ether oxygens (including phenoxy) is 1. The normalized spacial score (nSPS) is 26.2. The lowest BCUT2D eigenvalue weighted by Gasteiger charge is -2.11. The Kier molecular flexibility index (Phi) is 1.98. The molecular weight excluding hydrogens is 184 g/mol. The third-order valence-electron chi connectivity index (χ3n) is 2.56. The Bertz CT molecular complexity index is 364. The van der Waals surface area contributed by atoms with Crippen LogP contribution < -0.4 is 0 Å². The molecule has 0 fully saturated rings. The molecule has 4 heteroatoms. The maximum atomic E-state index is 11.5. The molecule has 2 aliphatic rings. The van der Waals surface area contributed by atoms with E-state index in [1.54, 1.807) is 0 Å². The van der Waals surface area contributed by atoms with Gasteiger partial charge in [-0.25, -0.2) is 0 Å². The molecule has 0 aromatic heterocycles. The fourth-order valence-electron chi connectivity index (χ4n) is 1.93. The summed E-state index contributed by atoms with van der Waals surface area (Å²) in [4.78, 5) is 34.0. The summed E-state index contributed by atoms with van der Waals surface area (Å²) in [5.41, 5.74) is 0.314. The summed E-state index contributed by atoms with van der Waals surface area (Å²) < 4.78 is 4.91. The molecule has 0 spiro atoms. The minimum atomic E-state index is -0.946. The van der Waals surface area contributed by atoms with Crippen LogP contribution in [0.15, 0.2) is 11.3 Å². The zero-order chi connectivity index (χ0) is 10.3. The number of hydrogen-bond donors (Lipinski definition) is 0. The summed E-state index contributed by atoms with van der Waals surface area (Å²) in [6, 6.07) is 0. The van der Waals surface area contributed by atoms with Crippen molar-refractivity contribution in [3.05, 3.63) is 11.3 Å². The Morgan fingerprint density at radius 1 is 1.36 bits per heavy atom. The van der Waals surface area contributed by atoms with Crippen molar-refractivity contribution in [2.45, 2.75) is 26.2 Å². The quantitative estimate of drug-likeness (QED) is 0.456. The van der Waals surface area contributed by atoms with E-state index in [-0.39, 0.29) is 11.6 Å². The van der Waals surface area contributed by atoms with E-state index in [0.29, 0.717) is 30.6 Å². The van der Waals surface area contributed by atoms with Crippen LogP contribution in [0.1, 0.15) is 26.2 Å². The predicted molar refractivity (Wildman–Crippen MR) is 46.1 cm³/mol. The Morgan fingerprint density at radius 2 is 2.07 bits per heavy atom. The highest BCUT2D eigenvalue weighted by molar-refractivity contribution is 6.14. The number of hydrogen-bond acceptors (Lipinski definition) is 4. The summed E-state index contributed by atoms with van der Waals surface area (Å²) in [5.74, 6) is -1.53. The topological polar surface area (TPSA) is 60.4 Å². The third kappa shape index (κ3) is 1.18. The Labute approximate surface area is 80.9 Å². The van der Waals surface area contributed by atoms with E-state index < -0.39 is 11.9 Å². The molecule has 0 aromatic rings. The van der Waals surface area contributed by atoms with Crippen molar-refractivity contribution in [1.82, 2.24) is 0 Å². The first kappa shape index (κ1) is 9.12. The maximum Gasteiger partial charge on any atom is 0.326 e. The number of ketones is 2. The molecule has 0 saturated heterocycles. The van der Waals surface area contributed by atoms with Gasteiger partial charge in [0.15, 0.2) is 5.78 Å². The number of allylic oxidation sites excluding steroid dienone is 1. The number of Topliss-reactive ketones (excluding diaryl/α,β-unsaturated/α-hetero) is 2. The van der Waals surface area contributed by atoms with Gasteiger partial charge < -0.3 is 4.74 Å². The van der Waals surface area contributed by atoms with Gasteiger partial charge in [0.2, 0.25) is 0 Å². The van der Waals surface area contributed by atoms with Crippen molar-refractivity contribution >= 4 is 17.5 Å². The zero-order valence-electron chi connectivity index (χ0n) is 7.83. The summed E-state index contributed by atoms with van der Waals surface area (Å²) in [6.45, 7) is 1.31. The maximum absolute atomic E-state index is 11.5. The molecule has 0 aromatic carbocycles. The van der Waals surface area contributed by atoms with Crippen LogP contribution in [0.4, 0.5) is 0 Å². The highest BCUT2D eigenvalue weighted by Gasteiger charge is 2.43. The highest BCUT2D eigenvalue weighted by Crippen LogP contribution is 2.35. The van der Waals surface area contributed by atoms with Crippen LogP contribution in [0.2, 0.25) is 0 Å². The smallest absolute Gasteiger partial charge is 0.326 e. The molecule has 74 valence electrons. The van der Waals surface area contributed by atoms with Gasteiger partial charge in [-0.2, -0.15) is 0 Å². The second-order valence-corrected chi connectivity index (χ2v) is 3.58. The molecule has 0 bridgehead atoms. The van der Waals surface area contributed by atoms with E-state index in [4.69, 9.17) is 4.74 Å². The zero-order valence-corrected chi connectivity index (χ0v) is 7.83. The summed E-state index contributed by atoms with van der Waals surface area (Å²) >= 11 is 0. The van der Waals surface area contributed by atoms with Crippen molar-refractivity contribution < 1.29 is 19.1 Å². The molecule has 0 saturated carbocycles. The largest absolute Gasteiger partial charge is 0.430 e. The Morgan fingerprint density at radius 3 is 2.71 bits per heavy atom. The third-order valence-corrected chi connectivity index (χ3v) is 2.56. The molecule has 4 nitrogen and oxygen atoms in total. The SMILES string of the molecule is CC(=O)C1C(=O)OC2=C1C(=O)CCC2. The van der Waals surface area contributed by atoms with E-state index >= 15 is 0 Å². The number of carbonyl (C=O) groups is 3. The van der Waals surface area contributed by atoms with Crippen molar-refractivity contribution in [2.24, 2.45) is 5.92 Å². The Hall–Kier alpha value is -1.45. The lowest BCUT2D eigenvalue weighted by Crippen LogP contribution is -2.24. The molecule has 0 radical (unpaired) electrons. The van der Waals surface area contributed by atoms with Crippen LogP contribution in [0.3, 0.4) is 0 Å². The molecule has 0 N–H and O–H groups in total. The van der Waals surface area contributed by atoms with Gasteiger partial charge in [-0.15, -0.1) is 0 Å². The second-order valence-electron chi connectivity index (χ2n) is 3.58. The average Bonchev–Trinajstić information content (AvgIpc) is 2.42. The first-order valence-electron chi connectivity index (χ1n) is 4.59. The van der Waals surface area contributed by atoms with Crippen LogP contribution in [-0.2, 0) is 19.1 Å².